The van der Waals surface area contributed by atoms with Crippen LogP contribution in [0.1, 0.15) is 25.0 Å². The number of alkyl halides is 2. The lowest BCUT2D eigenvalue weighted by Crippen LogP contribution is -2.38. The van der Waals surface area contributed by atoms with E-state index < -0.39 is 18.9 Å². The highest BCUT2D eigenvalue weighted by molar-refractivity contribution is 6.24. The van der Waals surface area contributed by atoms with E-state index in [2.05, 4.69) is 10.5 Å². The molecule has 1 aromatic rings. The zero-order valence-corrected chi connectivity index (χ0v) is 15.7. The molecule has 0 spiro atoms. The summed E-state index contributed by atoms with van der Waals surface area (Å²) >= 11 is 0. The van der Waals surface area contributed by atoms with Gasteiger partial charge in [-0.25, -0.2) is 8.78 Å². The Morgan fingerprint density at radius 2 is 2.00 bits per heavy atom. The third-order valence-corrected chi connectivity index (χ3v) is 4.75. The molecule has 0 amide bonds. The van der Waals surface area contributed by atoms with Crippen molar-refractivity contribution in [1.82, 2.24) is 10.3 Å². The molecule has 0 radical (unpaired) electrons. The third-order valence-electron chi connectivity index (χ3n) is 4.75. The number of nitrogens with zero attached hydrogens (tertiary/aromatic N) is 2. The molecule has 0 aliphatic carbocycles. The van der Waals surface area contributed by atoms with E-state index in [1.54, 1.807) is 30.3 Å². The second-order valence-electron chi connectivity index (χ2n) is 6.71. The van der Waals surface area contributed by atoms with Crippen LogP contribution < -0.4 is 10.2 Å². The Balaban J connectivity index is 1.90. The van der Waals surface area contributed by atoms with Crippen LogP contribution >= 0.6 is 0 Å². The average molecular weight is 375 g/mol. The van der Waals surface area contributed by atoms with Crippen molar-refractivity contribution in [2.24, 2.45) is 5.10 Å². The molecule has 2 aliphatic heterocycles. The van der Waals surface area contributed by atoms with E-state index in [-0.39, 0.29) is 5.57 Å². The fourth-order valence-electron chi connectivity index (χ4n) is 3.28. The van der Waals surface area contributed by atoms with Crippen LogP contribution in [0.2, 0.25) is 0 Å². The third kappa shape index (κ3) is 3.73. The number of hydrogen-bond acceptors (Lipinski definition) is 5. The van der Waals surface area contributed by atoms with Gasteiger partial charge >= 0.3 is 0 Å². The summed E-state index contributed by atoms with van der Waals surface area (Å²) in [6.45, 7) is 5.63. The molecule has 5 nitrogen and oxygen atoms in total. The first-order valence-corrected chi connectivity index (χ1v) is 8.64. The van der Waals surface area contributed by atoms with Crippen LogP contribution in [-0.2, 0) is 0 Å². The van der Waals surface area contributed by atoms with Crippen LogP contribution in [0.4, 0.5) is 8.78 Å². The Morgan fingerprint density at radius 1 is 1.26 bits per heavy atom. The summed E-state index contributed by atoms with van der Waals surface area (Å²) in [6, 6.07) is 5.43. The molecule has 0 bridgehead atoms. The van der Waals surface area contributed by atoms with Gasteiger partial charge in [-0.1, -0.05) is 12.1 Å². The summed E-state index contributed by atoms with van der Waals surface area (Å²) in [7, 11) is 1.70. The number of aliphatic hydroxyl groups excluding tert-OH is 1. The highest BCUT2D eigenvalue weighted by atomic mass is 19.3. The van der Waals surface area contributed by atoms with Crippen molar-refractivity contribution < 1.29 is 18.6 Å². The summed E-state index contributed by atoms with van der Waals surface area (Å²) < 4.78 is 32.5. The predicted molar refractivity (Wildman–Crippen MR) is 101 cm³/mol. The number of benzene rings is 1. The van der Waals surface area contributed by atoms with Gasteiger partial charge < -0.3 is 14.7 Å². The standard InChI is InChI=1S/C20H23F2N3O2/c1-11-10-14(27-20-16(18(21)22)6-5-9-25(20)4)7-8-15(11)17-12(2)19(26)24-23-13(17)3/h5-10,18-20,24,26H,1-4H3. The highest BCUT2D eigenvalue weighted by Crippen LogP contribution is 2.31. The van der Waals surface area contributed by atoms with Gasteiger partial charge in [0.25, 0.3) is 6.43 Å². The molecule has 0 fully saturated rings. The Labute approximate surface area is 157 Å². The number of nitrogens with one attached hydrogen (secondary N) is 1. The van der Waals surface area contributed by atoms with Gasteiger partial charge in [-0.15, -0.1) is 0 Å². The topological polar surface area (TPSA) is 57.1 Å². The van der Waals surface area contributed by atoms with E-state index in [1.165, 1.54) is 6.08 Å². The number of likely N-dealkylation sites (N-methyl/N-ethyl adjacent to an activating group) is 1. The molecule has 27 heavy (non-hydrogen) atoms. The van der Waals surface area contributed by atoms with Gasteiger partial charge in [0.05, 0.1) is 11.3 Å². The summed E-state index contributed by atoms with van der Waals surface area (Å²) in [4.78, 5) is 1.61. The molecule has 2 N–H and O–H groups in total. The van der Waals surface area contributed by atoms with Crippen LogP contribution in [0.5, 0.6) is 5.75 Å². The summed E-state index contributed by atoms with van der Waals surface area (Å²) in [6.07, 6.45) is 0.384. The number of aryl methyl sites for hydroxylation is 1. The van der Waals surface area contributed by atoms with Crippen molar-refractivity contribution in [3.05, 3.63) is 58.8 Å². The maximum absolute atomic E-state index is 13.3. The first-order valence-electron chi connectivity index (χ1n) is 8.64. The summed E-state index contributed by atoms with van der Waals surface area (Å²) in [5, 5.41) is 14.1. The van der Waals surface area contributed by atoms with E-state index in [9.17, 15) is 13.9 Å². The lowest BCUT2D eigenvalue weighted by molar-refractivity contribution is 0.0678. The molecule has 2 atom stereocenters. The smallest absolute Gasteiger partial charge is 0.265 e. The SMILES string of the molecule is CC1=NNC(O)C(C)=C1c1ccc(OC2C(C(F)F)=CC=CN2C)cc1C. The van der Waals surface area contributed by atoms with Crippen molar-refractivity contribution in [3.8, 4) is 5.75 Å². The molecule has 2 unspecified atom stereocenters. The van der Waals surface area contributed by atoms with Crippen molar-refractivity contribution in [2.75, 3.05) is 7.05 Å². The lowest BCUT2D eigenvalue weighted by Gasteiger charge is -2.31. The molecule has 2 aliphatic rings. The molecular formula is C20H23F2N3O2. The van der Waals surface area contributed by atoms with Crippen LogP contribution in [0.15, 0.2) is 52.8 Å². The number of ether oxygens (including phenoxy) is 1. The molecule has 7 heteroatoms. The van der Waals surface area contributed by atoms with Gasteiger partial charge in [0.1, 0.15) is 5.75 Å². The van der Waals surface area contributed by atoms with E-state index in [0.717, 1.165) is 28.0 Å². The quantitative estimate of drug-likeness (QED) is 0.847. The second kappa shape index (κ2) is 7.52. The number of rotatable bonds is 4. The largest absolute Gasteiger partial charge is 0.466 e. The first-order chi connectivity index (χ1) is 12.8. The fraction of sp³-hybridized carbons (Fsp3) is 0.350. The molecule has 144 valence electrons. The van der Waals surface area contributed by atoms with Crippen LogP contribution in [0.3, 0.4) is 0 Å². The van der Waals surface area contributed by atoms with Gasteiger partial charge in [-0.3, -0.25) is 5.43 Å². The molecule has 0 saturated heterocycles. The number of allylic oxidation sites excluding steroid dienone is 3. The molecule has 3 rings (SSSR count). The van der Waals surface area contributed by atoms with E-state index >= 15 is 0 Å². The van der Waals surface area contributed by atoms with Crippen molar-refractivity contribution >= 4 is 11.3 Å². The van der Waals surface area contributed by atoms with Crippen molar-refractivity contribution in [3.63, 3.8) is 0 Å². The Kier molecular flexibility index (Phi) is 5.32. The fourth-order valence-corrected chi connectivity index (χ4v) is 3.28. The van der Waals surface area contributed by atoms with Crippen molar-refractivity contribution in [2.45, 2.75) is 39.7 Å². The summed E-state index contributed by atoms with van der Waals surface area (Å²) in [5.74, 6) is 0.497. The predicted octanol–water partition coefficient (Wildman–Crippen LogP) is 3.42. The van der Waals surface area contributed by atoms with Gasteiger partial charge in [0, 0.05) is 18.8 Å². The Hall–Kier alpha value is -2.67. The van der Waals surface area contributed by atoms with Crippen LogP contribution in [0, 0.1) is 6.92 Å². The maximum atomic E-state index is 13.3. The van der Waals surface area contributed by atoms with E-state index in [0.29, 0.717) is 5.75 Å². The van der Waals surface area contributed by atoms with Gasteiger partial charge in [0.15, 0.2) is 12.5 Å². The van der Waals surface area contributed by atoms with Gasteiger partial charge in [-0.05, 0) is 55.7 Å². The first kappa shape index (κ1) is 19.1. The average Bonchev–Trinajstić information content (AvgIpc) is 2.61. The zero-order chi connectivity index (χ0) is 19.7. The molecule has 0 aromatic heterocycles. The zero-order valence-electron chi connectivity index (χ0n) is 15.7. The van der Waals surface area contributed by atoms with Crippen molar-refractivity contribution in [1.29, 1.82) is 0 Å². The molecule has 0 saturated carbocycles. The lowest BCUT2D eigenvalue weighted by atomic mass is 9.92. The minimum atomic E-state index is -2.59. The van der Waals surface area contributed by atoms with Gasteiger partial charge in [0.2, 0.25) is 0 Å². The van der Waals surface area contributed by atoms with E-state index in [4.69, 9.17) is 4.74 Å². The Bertz CT molecular complexity index is 859. The van der Waals surface area contributed by atoms with E-state index in [1.807, 2.05) is 32.9 Å². The molecule has 1 aromatic carbocycles. The van der Waals surface area contributed by atoms with Crippen LogP contribution in [0.25, 0.3) is 5.57 Å². The Morgan fingerprint density at radius 3 is 2.67 bits per heavy atom. The normalized spacial score (nSPS) is 22.6. The van der Waals surface area contributed by atoms with Gasteiger partial charge in [-0.2, -0.15) is 5.10 Å². The number of aliphatic hydroxyl groups is 1. The highest BCUT2D eigenvalue weighted by Gasteiger charge is 2.28. The maximum Gasteiger partial charge on any atom is 0.265 e. The number of hydrazone groups is 1. The summed E-state index contributed by atoms with van der Waals surface area (Å²) in [5.41, 5.74) is 6.83. The minimum Gasteiger partial charge on any atom is -0.466 e. The minimum absolute atomic E-state index is 0.0789. The van der Waals surface area contributed by atoms with Crippen LogP contribution in [-0.4, -0.2) is 41.6 Å². The molecule has 2 heterocycles. The second-order valence-corrected chi connectivity index (χ2v) is 6.71. The number of hydrogen-bond donors (Lipinski definition) is 2. The molecular weight excluding hydrogens is 352 g/mol. The monoisotopic (exact) mass is 375 g/mol. The number of halogens is 2.